The van der Waals surface area contributed by atoms with Crippen molar-refractivity contribution >= 4 is 11.6 Å². The van der Waals surface area contributed by atoms with Crippen molar-refractivity contribution < 1.29 is 22.6 Å². The number of hydrogen-bond acceptors (Lipinski definition) is 6. The summed E-state index contributed by atoms with van der Waals surface area (Å²) >= 11 is 5.67. The summed E-state index contributed by atoms with van der Waals surface area (Å²) in [6, 6.07) is 5.46. The van der Waals surface area contributed by atoms with E-state index in [1.807, 2.05) is 0 Å². The fraction of sp³-hybridized carbons (Fsp3) is 0.143. The second-order valence-corrected chi connectivity index (χ2v) is 5.11. The molecule has 0 atom stereocenters. The van der Waals surface area contributed by atoms with E-state index >= 15 is 0 Å². The predicted octanol–water partition coefficient (Wildman–Crippen LogP) is 3.19. The van der Waals surface area contributed by atoms with Crippen molar-refractivity contribution in [1.82, 2.24) is 25.0 Å². The molecule has 0 aliphatic carbocycles. The van der Waals surface area contributed by atoms with E-state index in [0.717, 1.165) is 0 Å². The van der Waals surface area contributed by atoms with Gasteiger partial charge in [0.1, 0.15) is 18.1 Å². The molecule has 0 aliphatic rings. The van der Waals surface area contributed by atoms with Crippen molar-refractivity contribution in [2.24, 2.45) is 0 Å². The Bertz CT molecular complexity index is 854. The van der Waals surface area contributed by atoms with Gasteiger partial charge in [-0.1, -0.05) is 22.9 Å². The molecule has 0 saturated heterocycles. The van der Waals surface area contributed by atoms with Gasteiger partial charge in [-0.25, -0.2) is 14.6 Å². The van der Waals surface area contributed by atoms with Gasteiger partial charge in [0.05, 0.1) is 29.3 Å². The highest BCUT2D eigenvalue weighted by atomic mass is 35.5. The van der Waals surface area contributed by atoms with Crippen molar-refractivity contribution in [1.29, 1.82) is 0 Å². The molecule has 11 heteroatoms. The lowest BCUT2D eigenvalue weighted by atomic mass is 10.3. The normalized spacial score (nSPS) is 11.4. The van der Waals surface area contributed by atoms with Gasteiger partial charge in [-0.05, 0) is 12.1 Å². The van der Waals surface area contributed by atoms with Crippen molar-refractivity contribution in [3.05, 3.63) is 53.6 Å². The largest absolute Gasteiger partial charge is 0.573 e. The number of ether oxygens (including phenoxy) is 2. The lowest BCUT2D eigenvalue weighted by Crippen LogP contribution is -2.17. The maximum Gasteiger partial charge on any atom is 0.573 e. The lowest BCUT2D eigenvalue weighted by Gasteiger charge is -2.09. The van der Waals surface area contributed by atoms with Crippen molar-refractivity contribution in [2.75, 3.05) is 0 Å². The summed E-state index contributed by atoms with van der Waals surface area (Å²) in [5, 5.41) is 8.09. The monoisotopic (exact) mass is 371 g/mol. The van der Waals surface area contributed by atoms with Gasteiger partial charge in [0.2, 0.25) is 0 Å². The zero-order chi connectivity index (χ0) is 17.9. The second kappa shape index (κ2) is 6.93. The molecule has 1 aromatic carbocycles. The van der Waals surface area contributed by atoms with Gasteiger partial charge in [-0.15, -0.1) is 18.3 Å². The number of benzene rings is 1. The molecule has 0 bridgehead atoms. The van der Waals surface area contributed by atoms with E-state index in [2.05, 4.69) is 25.0 Å². The summed E-state index contributed by atoms with van der Waals surface area (Å²) in [5.41, 5.74) is 0.781. The van der Waals surface area contributed by atoms with Crippen molar-refractivity contribution in [3.63, 3.8) is 0 Å². The number of hydrogen-bond donors (Lipinski definition) is 0. The third-order valence-electron chi connectivity index (χ3n) is 2.80. The summed E-state index contributed by atoms with van der Waals surface area (Å²) in [4.78, 5) is 7.72. The highest BCUT2D eigenvalue weighted by Crippen LogP contribution is 2.24. The van der Waals surface area contributed by atoms with E-state index < -0.39 is 6.36 Å². The van der Waals surface area contributed by atoms with Crippen LogP contribution in [-0.2, 0) is 6.61 Å². The van der Waals surface area contributed by atoms with Crippen molar-refractivity contribution in [3.8, 4) is 17.4 Å². The molecule has 0 radical (unpaired) electrons. The van der Waals surface area contributed by atoms with Crippen LogP contribution in [0.4, 0.5) is 13.2 Å². The average molecular weight is 372 g/mol. The second-order valence-electron chi connectivity index (χ2n) is 4.67. The van der Waals surface area contributed by atoms with Crippen LogP contribution in [0.1, 0.15) is 5.69 Å². The third kappa shape index (κ3) is 4.80. The van der Waals surface area contributed by atoms with E-state index in [9.17, 15) is 13.2 Å². The zero-order valence-corrected chi connectivity index (χ0v) is 13.1. The number of rotatable bonds is 5. The van der Waals surface area contributed by atoms with E-state index in [1.165, 1.54) is 41.5 Å². The highest BCUT2D eigenvalue weighted by molar-refractivity contribution is 6.30. The van der Waals surface area contributed by atoms with Crippen LogP contribution >= 0.6 is 11.6 Å². The van der Waals surface area contributed by atoms with E-state index in [1.54, 1.807) is 6.07 Å². The van der Waals surface area contributed by atoms with Gasteiger partial charge in [0.15, 0.2) is 0 Å². The minimum absolute atomic E-state index is 0.0281. The number of aromatic nitrogens is 5. The molecule has 2 heterocycles. The zero-order valence-electron chi connectivity index (χ0n) is 12.3. The predicted molar refractivity (Wildman–Crippen MR) is 79.4 cm³/mol. The molecule has 0 fully saturated rings. The summed E-state index contributed by atoms with van der Waals surface area (Å²) in [5.74, 6) is -0.354. The standard InChI is InChI=1S/C14H9ClF3N5O2/c15-9-5-19-13(20-6-9)24-8-10-7-23(22-21-10)11-2-1-3-12(4-11)25-14(16,17)18/h1-7H,8H2. The molecule has 0 saturated carbocycles. The average Bonchev–Trinajstić information content (AvgIpc) is 3.02. The van der Waals surface area contributed by atoms with Crippen LogP contribution in [0.2, 0.25) is 5.02 Å². The van der Waals surface area contributed by atoms with Gasteiger partial charge in [-0.2, -0.15) is 0 Å². The Balaban J connectivity index is 1.68. The third-order valence-corrected chi connectivity index (χ3v) is 3.00. The Hall–Kier alpha value is -2.88. The first kappa shape index (κ1) is 17.0. The summed E-state index contributed by atoms with van der Waals surface area (Å²) < 4.78 is 47.3. The molecule has 3 rings (SSSR count). The number of halogens is 4. The molecular weight excluding hydrogens is 363 g/mol. The molecule has 7 nitrogen and oxygen atoms in total. The topological polar surface area (TPSA) is 75.0 Å². The Kier molecular flexibility index (Phi) is 4.70. The Morgan fingerprint density at radius 3 is 2.64 bits per heavy atom. The fourth-order valence-electron chi connectivity index (χ4n) is 1.83. The maximum atomic E-state index is 12.3. The van der Waals surface area contributed by atoms with Crippen LogP contribution in [0.15, 0.2) is 42.9 Å². The molecule has 2 aromatic heterocycles. The molecule has 0 amide bonds. The fourth-order valence-corrected chi connectivity index (χ4v) is 1.92. The molecule has 0 aliphatic heterocycles. The first-order valence-electron chi connectivity index (χ1n) is 6.77. The van der Waals surface area contributed by atoms with Crippen LogP contribution in [-0.4, -0.2) is 31.3 Å². The van der Waals surface area contributed by atoms with Gasteiger partial charge in [-0.3, -0.25) is 0 Å². The van der Waals surface area contributed by atoms with Gasteiger partial charge >= 0.3 is 12.4 Å². The first-order chi connectivity index (χ1) is 11.9. The molecule has 0 N–H and O–H groups in total. The molecule has 130 valence electrons. The molecular formula is C14H9ClF3N5O2. The van der Waals surface area contributed by atoms with Crippen LogP contribution in [0, 0.1) is 0 Å². The summed E-state index contributed by atoms with van der Waals surface area (Å²) in [6.07, 6.45) is -0.499. The summed E-state index contributed by atoms with van der Waals surface area (Å²) in [6.45, 7) is 0.0281. The Morgan fingerprint density at radius 2 is 1.92 bits per heavy atom. The van der Waals surface area contributed by atoms with Crippen LogP contribution in [0.25, 0.3) is 5.69 Å². The quantitative estimate of drug-likeness (QED) is 0.685. The van der Waals surface area contributed by atoms with Gasteiger partial charge in [0.25, 0.3) is 0 Å². The Labute approximate surface area is 144 Å². The van der Waals surface area contributed by atoms with Gasteiger partial charge in [0, 0.05) is 6.07 Å². The SMILES string of the molecule is FC(F)(F)Oc1cccc(-n2cc(COc3ncc(Cl)cn3)nn2)c1. The smallest absolute Gasteiger partial charge is 0.457 e. The first-order valence-corrected chi connectivity index (χ1v) is 7.14. The van der Waals surface area contributed by atoms with E-state index in [0.29, 0.717) is 16.4 Å². The molecule has 0 spiro atoms. The van der Waals surface area contributed by atoms with Gasteiger partial charge < -0.3 is 9.47 Å². The maximum absolute atomic E-state index is 12.3. The van der Waals surface area contributed by atoms with Crippen LogP contribution in [0.3, 0.4) is 0 Å². The molecule has 25 heavy (non-hydrogen) atoms. The highest BCUT2D eigenvalue weighted by Gasteiger charge is 2.31. The van der Waals surface area contributed by atoms with Crippen LogP contribution < -0.4 is 9.47 Å². The number of nitrogens with zero attached hydrogens (tertiary/aromatic N) is 5. The molecule has 0 unspecified atom stereocenters. The minimum atomic E-state index is -4.77. The summed E-state index contributed by atoms with van der Waals surface area (Å²) in [7, 11) is 0. The Morgan fingerprint density at radius 1 is 1.16 bits per heavy atom. The number of alkyl halides is 3. The minimum Gasteiger partial charge on any atom is -0.457 e. The lowest BCUT2D eigenvalue weighted by molar-refractivity contribution is -0.274. The van der Waals surface area contributed by atoms with Crippen LogP contribution in [0.5, 0.6) is 11.8 Å². The molecule has 3 aromatic rings. The van der Waals surface area contributed by atoms with E-state index in [-0.39, 0.29) is 18.4 Å². The van der Waals surface area contributed by atoms with E-state index in [4.69, 9.17) is 16.3 Å². The van der Waals surface area contributed by atoms with Crippen molar-refractivity contribution in [2.45, 2.75) is 13.0 Å².